The molecule has 0 aliphatic carbocycles. The summed E-state index contributed by atoms with van der Waals surface area (Å²) in [5, 5.41) is 15.5. The topological polar surface area (TPSA) is 64.9 Å². The smallest absolute Gasteiger partial charge is 0.209 e. The van der Waals surface area contributed by atoms with Gasteiger partial charge in [-0.2, -0.15) is 0 Å². The van der Waals surface area contributed by atoms with Crippen LogP contribution < -0.4 is 10.1 Å². The van der Waals surface area contributed by atoms with Gasteiger partial charge in [0.1, 0.15) is 5.75 Å². The van der Waals surface area contributed by atoms with E-state index in [1.54, 1.807) is 16.4 Å². The molecule has 0 aliphatic rings. The van der Waals surface area contributed by atoms with Gasteiger partial charge in [-0.25, -0.2) is 4.68 Å². The molecule has 1 N–H and O–H groups in total. The highest BCUT2D eigenvalue weighted by Gasteiger charge is 2.11. The molecule has 0 bridgehead atoms. The van der Waals surface area contributed by atoms with Crippen LogP contribution in [0.3, 0.4) is 0 Å². The maximum Gasteiger partial charge on any atom is 0.209 e. The number of hydrogen-bond acceptors (Lipinski definition) is 6. The second-order valence-electron chi connectivity index (χ2n) is 4.68. The Balaban J connectivity index is 2.19. The molecule has 0 aliphatic heterocycles. The zero-order valence-corrected chi connectivity index (χ0v) is 13.6. The Kier molecular flexibility index (Phi) is 5.58. The van der Waals surface area contributed by atoms with Gasteiger partial charge >= 0.3 is 0 Å². The number of nitrogens with one attached hydrogen (secondary N) is 1. The van der Waals surface area contributed by atoms with Crippen LogP contribution in [0.2, 0.25) is 0 Å². The zero-order chi connectivity index (χ0) is 15.2. The lowest BCUT2D eigenvalue weighted by molar-refractivity contribution is 0.337. The van der Waals surface area contributed by atoms with Crippen LogP contribution in [0.25, 0.3) is 0 Å². The SMILES string of the molecule is CCOc1ccc(C(C)NC)cc1CSc1nnnn1C. The lowest BCUT2D eigenvalue weighted by Crippen LogP contribution is -2.12. The minimum atomic E-state index is 0.306. The van der Waals surface area contributed by atoms with Crippen molar-refractivity contribution in [3.63, 3.8) is 0 Å². The number of thioether (sulfide) groups is 1. The molecular weight excluding hydrogens is 286 g/mol. The monoisotopic (exact) mass is 307 g/mol. The van der Waals surface area contributed by atoms with Gasteiger partial charge < -0.3 is 10.1 Å². The third-order valence-electron chi connectivity index (χ3n) is 3.26. The van der Waals surface area contributed by atoms with Crippen LogP contribution in [0.1, 0.15) is 31.0 Å². The van der Waals surface area contributed by atoms with Gasteiger partial charge in [-0.3, -0.25) is 0 Å². The molecule has 1 aromatic carbocycles. The van der Waals surface area contributed by atoms with Gasteiger partial charge in [-0.1, -0.05) is 17.8 Å². The molecule has 0 fully saturated rings. The number of tetrazole rings is 1. The third kappa shape index (κ3) is 3.95. The van der Waals surface area contributed by atoms with E-state index in [4.69, 9.17) is 4.74 Å². The Morgan fingerprint density at radius 1 is 1.43 bits per heavy atom. The van der Waals surface area contributed by atoms with Crippen molar-refractivity contribution in [1.82, 2.24) is 25.5 Å². The van der Waals surface area contributed by atoms with Crippen molar-refractivity contribution < 1.29 is 4.74 Å². The fourth-order valence-corrected chi connectivity index (χ4v) is 2.76. The summed E-state index contributed by atoms with van der Waals surface area (Å²) in [5.41, 5.74) is 2.40. The number of benzene rings is 1. The molecule has 1 aromatic heterocycles. The third-order valence-corrected chi connectivity index (χ3v) is 4.31. The van der Waals surface area contributed by atoms with Gasteiger partial charge in [0.25, 0.3) is 0 Å². The molecule has 0 amide bonds. The van der Waals surface area contributed by atoms with Crippen molar-refractivity contribution in [2.45, 2.75) is 30.8 Å². The fourth-order valence-electron chi connectivity index (χ4n) is 1.93. The minimum absolute atomic E-state index is 0.306. The first kappa shape index (κ1) is 15.8. The van der Waals surface area contributed by atoms with E-state index < -0.39 is 0 Å². The molecule has 1 unspecified atom stereocenters. The summed E-state index contributed by atoms with van der Waals surface area (Å²) in [6.07, 6.45) is 0. The van der Waals surface area contributed by atoms with E-state index in [1.165, 1.54) is 5.56 Å². The van der Waals surface area contributed by atoms with E-state index in [-0.39, 0.29) is 0 Å². The Hall–Kier alpha value is -1.60. The van der Waals surface area contributed by atoms with Gasteiger partial charge in [0.15, 0.2) is 0 Å². The summed E-state index contributed by atoms with van der Waals surface area (Å²) in [6, 6.07) is 6.63. The van der Waals surface area contributed by atoms with Crippen LogP contribution in [0.5, 0.6) is 5.75 Å². The number of aryl methyl sites for hydroxylation is 1. The number of nitrogens with zero attached hydrogens (tertiary/aromatic N) is 4. The summed E-state index contributed by atoms with van der Waals surface area (Å²) < 4.78 is 7.39. The molecule has 0 radical (unpaired) electrons. The molecule has 6 nitrogen and oxygen atoms in total. The lowest BCUT2D eigenvalue weighted by Gasteiger charge is -2.15. The number of hydrogen-bond donors (Lipinski definition) is 1. The van der Waals surface area contributed by atoms with Crippen molar-refractivity contribution in [1.29, 1.82) is 0 Å². The molecule has 2 rings (SSSR count). The quantitative estimate of drug-likeness (QED) is 0.791. The van der Waals surface area contributed by atoms with E-state index in [0.29, 0.717) is 12.6 Å². The van der Waals surface area contributed by atoms with Crippen molar-refractivity contribution in [3.8, 4) is 5.75 Å². The first-order chi connectivity index (χ1) is 10.2. The Morgan fingerprint density at radius 3 is 2.86 bits per heavy atom. The average Bonchev–Trinajstić information content (AvgIpc) is 2.91. The lowest BCUT2D eigenvalue weighted by atomic mass is 10.1. The molecule has 0 saturated carbocycles. The van der Waals surface area contributed by atoms with E-state index in [0.717, 1.165) is 22.2 Å². The summed E-state index contributed by atoms with van der Waals surface area (Å²) in [6.45, 7) is 4.79. The predicted molar refractivity (Wildman–Crippen MR) is 83.4 cm³/mol. The second kappa shape index (κ2) is 7.42. The minimum Gasteiger partial charge on any atom is -0.494 e. The van der Waals surface area contributed by atoms with Crippen LogP contribution in [-0.2, 0) is 12.8 Å². The van der Waals surface area contributed by atoms with Crippen molar-refractivity contribution in [2.24, 2.45) is 7.05 Å². The van der Waals surface area contributed by atoms with Crippen molar-refractivity contribution in [2.75, 3.05) is 13.7 Å². The molecule has 2 aromatic rings. The van der Waals surface area contributed by atoms with Crippen LogP contribution in [0.15, 0.2) is 23.4 Å². The molecule has 21 heavy (non-hydrogen) atoms. The highest BCUT2D eigenvalue weighted by Crippen LogP contribution is 2.29. The molecule has 114 valence electrons. The second-order valence-corrected chi connectivity index (χ2v) is 5.63. The largest absolute Gasteiger partial charge is 0.494 e. The zero-order valence-electron chi connectivity index (χ0n) is 12.8. The normalized spacial score (nSPS) is 12.4. The van der Waals surface area contributed by atoms with Crippen molar-refractivity contribution >= 4 is 11.8 Å². The summed E-state index contributed by atoms with van der Waals surface area (Å²) in [7, 11) is 3.80. The van der Waals surface area contributed by atoms with Crippen molar-refractivity contribution in [3.05, 3.63) is 29.3 Å². The molecular formula is C14H21N5OS. The standard InChI is InChI=1S/C14H21N5OS/c1-5-20-13-7-6-11(10(2)15-3)8-12(13)9-21-14-16-17-18-19(14)4/h6-8,10,15H,5,9H2,1-4H3. The Labute approximate surface area is 129 Å². The van der Waals surface area contributed by atoms with E-state index in [1.807, 2.05) is 27.1 Å². The maximum absolute atomic E-state index is 5.71. The summed E-state index contributed by atoms with van der Waals surface area (Å²) >= 11 is 1.60. The summed E-state index contributed by atoms with van der Waals surface area (Å²) in [5.74, 6) is 1.69. The van der Waals surface area contributed by atoms with E-state index in [9.17, 15) is 0 Å². The van der Waals surface area contributed by atoms with Gasteiger partial charge in [-0.05, 0) is 49.0 Å². The highest BCUT2D eigenvalue weighted by molar-refractivity contribution is 7.98. The molecule has 1 heterocycles. The van der Waals surface area contributed by atoms with E-state index in [2.05, 4.69) is 39.9 Å². The molecule has 1 atom stereocenters. The Bertz CT molecular complexity index is 586. The van der Waals surface area contributed by atoms with Gasteiger partial charge in [-0.15, -0.1) is 5.10 Å². The average molecular weight is 307 g/mol. The Morgan fingerprint density at radius 2 is 2.24 bits per heavy atom. The number of rotatable bonds is 7. The van der Waals surface area contributed by atoms with Gasteiger partial charge in [0.2, 0.25) is 5.16 Å². The molecule has 0 spiro atoms. The number of aromatic nitrogens is 4. The van der Waals surface area contributed by atoms with Crippen LogP contribution in [-0.4, -0.2) is 33.9 Å². The molecule has 0 saturated heterocycles. The highest BCUT2D eigenvalue weighted by atomic mass is 32.2. The van der Waals surface area contributed by atoms with E-state index >= 15 is 0 Å². The van der Waals surface area contributed by atoms with Crippen LogP contribution in [0, 0.1) is 0 Å². The first-order valence-electron chi connectivity index (χ1n) is 6.93. The van der Waals surface area contributed by atoms with Gasteiger partial charge in [0.05, 0.1) is 6.61 Å². The first-order valence-corrected chi connectivity index (χ1v) is 7.92. The molecule has 7 heteroatoms. The van der Waals surface area contributed by atoms with Crippen LogP contribution >= 0.6 is 11.8 Å². The number of ether oxygens (including phenoxy) is 1. The fraction of sp³-hybridized carbons (Fsp3) is 0.500. The van der Waals surface area contributed by atoms with Gasteiger partial charge in [0, 0.05) is 24.4 Å². The summed E-state index contributed by atoms with van der Waals surface area (Å²) in [4.78, 5) is 0. The van der Waals surface area contributed by atoms with Crippen LogP contribution in [0.4, 0.5) is 0 Å². The maximum atomic E-state index is 5.71. The predicted octanol–water partition coefficient (Wildman–Crippen LogP) is 2.18.